The van der Waals surface area contributed by atoms with Gasteiger partial charge in [0.05, 0.1) is 18.3 Å². The first-order valence-corrected chi connectivity index (χ1v) is 5.03. The van der Waals surface area contributed by atoms with E-state index < -0.39 is 5.60 Å². The Labute approximate surface area is 88.1 Å². The van der Waals surface area contributed by atoms with Gasteiger partial charge in [0.25, 0.3) is 5.91 Å². The van der Waals surface area contributed by atoms with Crippen molar-refractivity contribution in [1.29, 1.82) is 0 Å². The molecule has 0 aromatic carbocycles. The van der Waals surface area contributed by atoms with Crippen LogP contribution in [0.2, 0.25) is 0 Å². The number of carbonyl (C=O) groups is 1. The molecule has 0 aliphatic carbocycles. The summed E-state index contributed by atoms with van der Waals surface area (Å²) in [4.78, 5) is 11.6. The third-order valence-corrected chi connectivity index (χ3v) is 2.35. The Morgan fingerprint density at radius 1 is 1.67 bits per heavy atom. The maximum atomic E-state index is 11.6. The first-order valence-electron chi connectivity index (χ1n) is 5.03. The van der Waals surface area contributed by atoms with Gasteiger partial charge in [0.15, 0.2) is 0 Å². The molecule has 15 heavy (non-hydrogen) atoms. The summed E-state index contributed by atoms with van der Waals surface area (Å²) in [5, 5.41) is 16.6. The SMILES string of the molecule is CC(C)(O)Cn1ncc2c1C(=O)NCC2. The number of aromatic nitrogens is 2. The van der Waals surface area contributed by atoms with E-state index in [1.54, 1.807) is 24.7 Å². The quantitative estimate of drug-likeness (QED) is 0.717. The van der Waals surface area contributed by atoms with Crippen LogP contribution in [-0.2, 0) is 13.0 Å². The van der Waals surface area contributed by atoms with Gasteiger partial charge in [-0.1, -0.05) is 0 Å². The van der Waals surface area contributed by atoms with Crippen molar-refractivity contribution in [2.45, 2.75) is 32.4 Å². The van der Waals surface area contributed by atoms with Crippen LogP contribution in [0.5, 0.6) is 0 Å². The zero-order valence-electron chi connectivity index (χ0n) is 8.95. The van der Waals surface area contributed by atoms with Crippen LogP contribution in [0.1, 0.15) is 29.9 Å². The van der Waals surface area contributed by atoms with Crippen LogP contribution in [0.15, 0.2) is 6.20 Å². The molecule has 2 heterocycles. The molecule has 0 radical (unpaired) electrons. The second-order valence-electron chi connectivity index (χ2n) is 4.49. The number of aliphatic hydroxyl groups is 1. The molecule has 5 heteroatoms. The van der Waals surface area contributed by atoms with Gasteiger partial charge < -0.3 is 10.4 Å². The average Bonchev–Trinajstić information content (AvgIpc) is 2.47. The van der Waals surface area contributed by atoms with E-state index in [-0.39, 0.29) is 5.91 Å². The molecule has 0 fully saturated rings. The fourth-order valence-corrected chi connectivity index (χ4v) is 1.75. The Morgan fingerprint density at radius 2 is 2.40 bits per heavy atom. The molecule has 1 aromatic heterocycles. The molecule has 1 aliphatic rings. The van der Waals surface area contributed by atoms with Gasteiger partial charge in [-0.2, -0.15) is 5.10 Å². The number of carbonyl (C=O) groups excluding carboxylic acids is 1. The molecule has 82 valence electrons. The first kappa shape index (κ1) is 10.2. The van der Waals surface area contributed by atoms with Gasteiger partial charge in [0.1, 0.15) is 5.69 Å². The standard InChI is InChI=1S/C10H15N3O2/c1-10(2,15)6-13-8-7(5-12-13)3-4-11-9(8)14/h5,15H,3-4,6H2,1-2H3,(H,11,14). The van der Waals surface area contributed by atoms with E-state index in [9.17, 15) is 9.90 Å². The molecule has 2 N–H and O–H groups in total. The number of nitrogens with zero attached hydrogens (tertiary/aromatic N) is 2. The summed E-state index contributed by atoms with van der Waals surface area (Å²) in [6, 6.07) is 0. The van der Waals surface area contributed by atoms with Crippen molar-refractivity contribution in [2.75, 3.05) is 6.54 Å². The summed E-state index contributed by atoms with van der Waals surface area (Å²) in [6.07, 6.45) is 2.52. The van der Waals surface area contributed by atoms with Crippen molar-refractivity contribution in [1.82, 2.24) is 15.1 Å². The summed E-state index contributed by atoms with van der Waals surface area (Å²) < 4.78 is 1.57. The number of hydrogen-bond donors (Lipinski definition) is 2. The van der Waals surface area contributed by atoms with Gasteiger partial charge in [0, 0.05) is 12.1 Å². The molecule has 0 atom stereocenters. The van der Waals surface area contributed by atoms with Gasteiger partial charge in [-0.15, -0.1) is 0 Å². The highest BCUT2D eigenvalue weighted by molar-refractivity contribution is 5.94. The van der Waals surface area contributed by atoms with Crippen LogP contribution in [-0.4, -0.2) is 32.9 Å². The molecule has 0 saturated heterocycles. The van der Waals surface area contributed by atoms with E-state index in [0.717, 1.165) is 12.0 Å². The van der Waals surface area contributed by atoms with E-state index in [2.05, 4.69) is 10.4 Å². The Kier molecular flexibility index (Phi) is 2.26. The van der Waals surface area contributed by atoms with Crippen molar-refractivity contribution in [3.8, 4) is 0 Å². The molecular formula is C10H15N3O2. The highest BCUT2D eigenvalue weighted by Gasteiger charge is 2.25. The topological polar surface area (TPSA) is 67.1 Å². The summed E-state index contributed by atoms with van der Waals surface area (Å²) in [7, 11) is 0. The molecule has 2 rings (SSSR count). The molecule has 0 spiro atoms. The Hall–Kier alpha value is -1.36. The van der Waals surface area contributed by atoms with Gasteiger partial charge >= 0.3 is 0 Å². The Morgan fingerprint density at radius 3 is 3.07 bits per heavy atom. The third-order valence-electron chi connectivity index (χ3n) is 2.35. The fourth-order valence-electron chi connectivity index (χ4n) is 1.75. The van der Waals surface area contributed by atoms with Gasteiger partial charge in [-0.3, -0.25) is 9.48 Å². The minimum absolute atomic E-state index is 0.0991. The molecule has 1 aliphatic heterocycles. The lowest BCUT2D eigenvalue weighted by atomic mass is 10.1. The summed E-state index contributed by atoms with van der Waals surface area (Å²) in [5.41, 5.74) is 0.684. The zero-order valence-corrected chi connectivity index (χ0v) is 8.95. The Balaban J connectivity index is 2.34. The maximum Gasteiger partial charge on any atom is 0.269 e. The van der Waals surface area contributed by atoms with Crippen LogP contribution in [0.4, 0.5) is 0 Å². The van der Waals surface area contributed by atoms with E-state index in [1.165, 1.54) is 0 Å². The van der Waals surface area contributed by atoms with Gasteiger partial charge in [0.2, 0.25) is 0 Å². The normalized spacial score (nSPS) is 16.1. The van der Waals surface area contributed by atoms with Crippen LogP contribution in [0.25, 0.3) is 0 Å². The summed E-state index contributed by atoms with van der Waals surface area (Å²) in [6.45, 7) is 4.39. The van der Waals surface area contributed by atoms with E-state index in [1.807, 2.05) is 0 Å². The molecule has 0 saturated carbocycles. The molecule has 1 aromatic rings. The number of fused-ring (bicyclic) bond motifs is 1. The first-order chi connectivity index (χ1) is 6.97. The predicted octanol–water partition coefficient (Wildman–Crippen LogP) is -0.0601. The molecule has 0 unspecified atom stereocenters. The minimum atomic E-state index is -0.864. The molecule has 0 bridgehead atoms. The molecule has 5 nitrogen and oxygen atoms in total. The van der Waals surface area contributed by atoms with Crippen molar-refractivity contribution in [3.63, 3.8) is 0 Å². The van der Waals surface area contributed by atoms with E-state index in [4.69, 9.17) is 0 Å². The Bertz CT molecular complexity index is 390. The number of hydrogen-bond acceptors (Lipinski definition) is 3. The maximum absolute atomic E-state index is 11.6. The monoisotopic (exact) mass is 209 g/mol. The highest BCUT2D eigenvalue weighted by atomic mass is 16.3. The van der Waals surface area contributed by atoms with Gasteiger partial charge in [-0.05, 0) is 20.3 Å². The smallest absolute Gasteiger partial charge is 0.269 e. The van der Waals surface area contributed by atoms with Crippen LogP contribution < -0.4 is 5.32 Å². The zero-order chi connectivity index (χ0) is 11.1. The fraction of sp³-hybridized carbons (Fsp3) is 0.600. The van der Waals surface area contributed by atoms with Crippen LogP contribution in [0, 0.1) is 0 Å². The van der Waals surface area contributed by atoms with Gasteiger partial charge in [-0.25, -0.2) is 0 Å². The second-order valence-corrected chi connectivity index (χ2v) is 4.49. The lowest BCUT2D eigenvalue weighted by Gasteiger charge is -2.20. The molecule has 1 amide bonds. The number of amides is 1. The number of rotatable bonds is 2. The second kappa shape index (κ2) is 3.34. The number of nitrogens with one attached hydrogen (secondary N) is 1. The summed E-state index contributed by atoms with van der Waals surface area (Å²) >= 11 is 0. The predicted molar refractivity (Wildman–Crippen MR) is 54.6 cm³/mol. The average molecular weight is 209 g/mol. The highest BCUT2D eigenvalue weighted by Crippen LogP contribution is 2.15. The van der Waals surface area contributed by atoms with Crippen molar-refractivity contribution in [2.24, 2.45) is 0 Å². The van der Waals surface area contributed by atoms with Crippen LogP contribution >= 0.6 is 0 Å². The van der Waals surface area contributed by atoms with E-state index in [0.29, 0.717) is 18.8 Å². The lowest BCUT2D eigenvalue weighted by molar-refractivity contribution is 0.0561. The summed E-state index contributed by atoms with van der Waals surface area (Å²) in [5.74, 6) is -0.0991. The minimum Gasteiger partial charge on any atom is -0.389 e. The van der Waals surface area contributed by atoms with Crippen molar-refractivity contribution < 1.29 is 9.90 Å². The largest absolute Gasteiger partial charge is 0.389 e. The molecular weight excluding hydrogens is 194 g/mol. The van der Waals surface area contributed by atoms with E-state index >= 15 is 0 Å². The van der Waals surface area contributed by atoms with Crippen molar-refractivity contribution >= 4 is 5.91 Å². The third kappa shape index (κ3) is 2.02. The lowest BCUT2D eigenvalue weighted by Crippen LogP contribution is -2.36. The van der Waals surface area contributed by atoms with Crippen LogP contribution in [0.3, 0.4) is 0 Å². The van der Waals surface area contributed by atoms with Crippen molar-refractivity contribution in [3.05, 3.63) is 17.5 Å².